The summed E-state index contributed by atoms with van der Waals surface area (Å²) in [6, 6.07) is 8.04. The highest BCUT2D eigenvalue weighted by Crippen LogP contribution is 2.34. The lowest BCUT2D eigenvalue weighted by molar-refractivity contribution is -0.149. The fourth-order valence-electron chi connectivity index (χ4n) is 2.92. The molecule has 1 saturated heterocycles. The standard InChI is InChI=1S/C23H23NO9S/c1-13(2)32-20(25)11-24-21(26)19(34-23(24)28)10-14-5-7-16(18(9-14)29-3)31-12-15-6-8-17(33-15)22(27)30-4/h5-10,13H,11-12H2,1-4H3/b19-10-. The predicted octanol–water partition coefficient (Wildman–Crippen LogP) is 3.64. The number of thioether (sulfide) groups is 1. The zero-order valence-corrected chi connectivity index (χ0v) is 19.8. The Labute approximate surface area is 199 Å². The van der Waals surface area contributed by atoms with Gasteiger partial charge in [0.15, 0.2) is 11.5 Å². The first-order valence-electron chi connectivity index (χ1n) is 10.1. The van der Waals surface area contributed by atoms with E-state index < -0.39 is 29.6 Å². The van der Waals surface area contributed by atoms with Gasteiger partial charge >= 0.3 is 11.9 Å². The highest BCUT2D eigenvalue weighted by atomic mass is 32.2. The molecule has 0 unspecified atom stereocenters. The fraction of sp³-hybridized carbons (Fsp3) is 0.304. The summed E-state index contributed by atoms with van der Waals surface area (Å²) in [5.74, 6) is -0.555. The van der Waals surface area contributed by atoms with E-state index in [0.717, 1.165) is 16.7 Å². The van der Waals surface area contributed by atoms with Crippen molar-refractivity contribution in [2.75, 3.05) is 20.8 Å². The van der Waals surface area contributed by atoms with Crippen LogP contribution in [0.5, 0.6) is 11.5 Å². The van der Waals surface area contributed by atoms with Crippen LogP contribution in [0.25, 0.3) is 6.08 Å². The number of amides is 2. The zero-order chi connectivity index (χ0) is 24.8. The maximum absolute atomic E-state index is 12.6. The molecule has 0 spiro atoms. The number of nitrogens with zero attached hydrogens (tertiary/aromatic N) is 1. The van der Waals surface area contributed by atoms with Crippen LogP contribution >= 0.6 is 11.8 Å². The first kappa shape index (κ1) is 24.9. The Balaban J connectivity index is 1.69. The molecule has 1 aromatic heterocycles. The molecule has 0 radical (unpaired) electrons. The van der Waals surface area contributed by atoms with E-state index in [1.54, 1.807) is 38.1 Å². The van der Waals surface area contributed by atoms with Gasteiger partial charge in [0, 0.05) is 0 Å². The Morgan fingerprint density at radius 1 is 1.12 bits per heavy atom. The number of carbonyl (C=O) groups is 4. The van der Waals surface area contributed by atoms with E-state index in [1.807, 2.05) is 0 Å². The van der Waals surface area contributed by atoms with E-state index in [-0.39, 0.29) is 23.4 Å². The number of rotatable bonds is 9. The molecule has 34 heavy (non-hydrogen) atoms. The normalized spacial score (nSPS) is 14.6. The lowest BCUT2D eigenvalue weighted by Gasteiger charge is -2.13. The van der Waals surface area contributed by atoms with E-state index in [4.69, 9.17) is 18.6 Å². The third-order valence-electron chi connectivity index (χ3n) is 4.43. The average Bonchev–Trinajstić information content (AvgIpc) is 3.37. The number of methoxy groups -OCH3 is 2. The van der Waals surface area contributed by atoms with Gasteiger partial charge < -0.3 is 23.4 Å². The van der Waals surface area contributed by atoms with Crippen LogP contribution in [0.2, 0.25) is 0 Å². The van der Waals surface area contributed by atoms with E-state index in [9.17, 15) is 19.2 Å². The molecule has 1 aliphatic rings. The summed E-state index contributed by atoms with van der Waals surface area (Å²) in [4.78, 5) is 49.2. The molecule has 1 fully saturated rings. The first-order chi connectivity index (χ1) is 16.2. The average molecular weight is 490 g/mol. The number of benzene rings is 1. The minimum Gasteiger partial charge on any atom is -0.493 e. The lowest BCUT2D eigenvalue weighted by atomic mass is 10.2. The number of hydrogen-bond donors (Lipinski definition) is 0. The molecule has 1 aromatic carbocycles. The summed E-state index contributed by atoms with van der Waals surface area (Å²) in [7, 11) is 2.72. The molecule has 2 amide bonds. The Morgan fingerprint density at radius 2 is 1.88 bits per heavy atom. The molecule has 3 rings (SSSR count). The van der Waals surface area contributed by atoms with Crippen molar-refractivity contribution in [3.8, 4) is 11.5 Å². The van der Waals surface area contributed by atoms with Crippen molar-refractivity contribution in [3.05, 3.63) is 52.3 Å². The second-order valence-corrected chi connectivity index (χ2v) is 8.26. The number of hydrogen-bond acceptors (Lipinski definition) is 10. The van der Waals surface area contributed by atoms with Gasteiger partial charge in [0.25, 0.3) is 11.1 Å². The van der Waals surface area contributed by atoms with Crippen LogP contribution in [-0.4, -0.2) is 54.9 Å². The number of furan rings is 1. The summed E-state index contributed by atoms with van der Waals surface area (Å²) in [6.07, 6.45) is 1.18. The third-order valence-corrected chi connectivity index (χ3v) is 5.34. The van der Waals surface area contributed by atoms with Crippen molar-refractivity contribution in [2.24, 2.45) is 0 Å². The van der Waals surface area contributed by atoms with Crippen LogP contribution in [0, 0.1) is 0 Å². The maximum Gasteiger partial charge on any atom is 0.373 e. The number of esters is 2. The van der Waals surface area contributed by atoms with Crippen molar-refractivity contribution >= 4 is 40.9 Å². The molecule has 11 heteroatoms. The van der Waals surface area contributed by atoms with Crippen molar-refractivity contribution in [1.29, 1.82) is 0 Å². The van der Waals surface area contributed by atoms with Gasteiger partial charge in [0.05, 0.1) is 25.2 Å². The summed E-state index contributed by atoms with van der Waals surface area (Å²) < 4.78 is 26.1. The fourth-order valence-corrected chi connectivity index (χ4v) is 3.76. The van der Waals surface area contributed by atoms with E-state index in [0.29, 0.717) is 22.8 Å². The Morgan fingerprint density at radius 3 is 2.56 bits per heavy atom. The SMILES string of the molecule is COC(=O)c1ccc(COc2ccc(/C=C3\SC(=O)N(CC(=O)OC(C)C)C3=O)cc2OC)o1. The minimum atomic E-state index is -0.656. The molecular weight excluding hydrogens is 466 g/mol. The smallest absolute Gasteiger partial charge is 0.373 e. The number of ether oxygens (including phenoxy) is 4. The zero-order valence-electron chi connectivity index (χ0n) is 19.0. The van der Waals surface area contributed by atoms with Crippen LogP contribution in [0.15, 0.2) is 39.7 Å². The summed E-state index contributed by atoms with van der Waals surface area (Å²) in [6.45, 7) is 2.96. The topological polar surface area (TPSA) is 122 Å². The van der Waals surface area contributed by atoms with Crippen LogP contribution < -0.4 is 9.47 Å². The summed E-state index contributed by atoms with van der Waals surface area (Å²) in [5.41, 5.74) is 0.588. The van der Waals surface area contributed by atoms with Crippen molar-refractivity contribution in [3.63, 3.8) is 0 Å². The molecule has 0 saturated carbocycles. The van der Waals surface area contributed by atoms with Gasteiger partial charge in [-0.05, 0) is 61.5 Å². The van der Waals surface area contributed by atoms with Gasteiger partial charge in [-0.1, -0.05) is 6.07 Å². The second kappa shape index (κ2) is 10.9. The maximum atomic E-state index is 12.6. The Hall–Kier alpha value is -3.73. The van der Waals surface area contributed by atoms with E-state index in [2.05, 4.69) is 4.74 Å². The van der Waals surface area contributed by atoms with Crippen molar-refractivity contribution < 1.29 is 42.5 Å². The molecule has 0 aliphatic carbocycles. The van der Waals surface area contributed by atoms with Gasteiger partial charge in [0.2, 0.25) is 5.76 Å². The monoisotopic (exact) mass is 489 g/mol. The molecule has 0 atom stereocenters. The van der Waals surface area contributed by atoms with E-state index in [1.165, 1.54) is 26.4 Å². The molecule has 2 heterocycles. The van der Waals surface area contributed by atoms with Crippen LogP contribution in [0.3, 0.4) is 0 Å². The molecule has 0 bridgehead atoms. The second-order valence-electron chi connectivity index (χ2n) is 7.26. The summed E-state index contributed by atoms with van der Waals surface area (Å²) in [5, 5.41) is -0.548. The lowest BCUT2D eigenvalue weighted by Crippen LogP contribution is -2.35. The minimum absolute atomic E-state index is 0.0397. The highest BCUT2D eigenvalue weighted by Gasteiger charge is 2.36. The molecule has 1 aliphatic heterocycles. The molecular formula is C23H23NO9S. The number of imide groups is 1. The van der Waals surface area contributed by atoms with Gasteiger partial charge in [-0.25, -0.2) is 4.79 Å². The van der Waals surface area contributed by atoms with Gasteiger partial charge in [0.1, 0.15) is 18.9 Å². The summed E-state index contributed by atoms with van der Waals surface area (Å²) >= 11 is 0.738. The molecule has 2 aromatic rings. The van der Waals surface area contributed by atoms with Gasteiger partial charge in [-0.3, -0.25) is 19.3 Å². The Bertz CT molecular complexity index is 1140. The van der Waals surface area contributed by atoms with Crippen LogP contribution in [0.4, 0.5) is 4.79 Å². The third kappa shape index (κ3) is 5.98. The van der Waals surface area contributed by atoms with Crippen LogP contribution in [0.1, 0.15) is 35.7 Å². The molecule has 180 valence electrons. The quantitative estimate of drug-likeness (QED) is 0.381. The van der Waals surface area contributed by atoms with Crippen molar-refractivity contribution in [1.82, 2.24) is 4.90 Å². The Kier molecular flexibility index (Phi) is 8.00. The number of carbonyl (C=O) groups excluding carboxylic acids is 4. The van der Waals surface area contributed by atoms with Gasteiger partial charge in [-0.15, -0.1) is 0 Å². The first-order valence-corrected chi connectivity index (χ1v) is 11.0. The molecule has 0 N–H and O–H groups in total. The van der Waals surface area contributed by atoms with Crippen molar-refractivity contribution in [2.45, 2.75) is 26.6 Å². The predicted molar refractivity (Wildman–Crippen MR) is 121 cm³/mol. The largest absolute Gasteiger partial charge is 0.493 e. The van der Waals surface area contributed by atoms with E-state index >= 15 is 0 Å². The van der Waals surface area contributed by atoms with Crippen LogP contribution in [-0.2, 0) is 25.7 Å². The van der Waals surface area contributed by atoms with Gasteiger partial charge in [-0.2, -0.15) is 0 Å². The highest BCUT2D eigenvalue weighted by molar-refractivity contribution is 8.18. The molecule has 10 nitrogen and oxygen atoms in total.